The highest BCUT2D eigenvalue weighted by Crippen LogP contribution is 2.33. The standard InChI is InChI=1S/C36H31ClN2O3/c37-30-15-13-27(14-16-30)33-12-5-4-9-29(33)25-38-19-21-39(22-20-38)31-17-18-34(36(40)41)35(24-31)42-32-11-6-10-28(23-32)26-7-2-1-3-8-26/h1-18,23-24H,19-22,25H2,(H,40,41). The van der Waals surface area contributed by atoms with Crippen LogP contribution in [0.2, 0.25) is 5.02 Å². The van der Waals surface area contributed by atoms with Gasteiger partial charge in [-0.15, -0.1) is 0 Å². The maximum atomic E-state index is 12.0. The average molecular weight is 575 g/mol. The molecule has 0 saturated carbocycles. The van der Waals surface area contributed by atoms with Crippen LogP contribution in [0.15, 0.2) is 121 Å². The van der Waals surface area contributed by atoms with Gasteiger partial charge < -0.3 is 14.7 Å². The Hall–Kier alpha value is -4.58. The number of hydrogen-bond donors (Lipinski definition) is 1. The van der Waals surface area contributed by atoms with Gasteiger partial charge in [0.1, 0.15) is 17.1 Å². The summed E-state index contributed by atoms with van der Waals surface area (Å²) in [6.07, 6.45) is 0. The van der Waals surface area contributed by atoms with Crippen molar-refractivity contribution in [3.63, 3.8) is 0 Å². The van der Waals surface area contributed by atoms with Gasteiger partial charge in [0.25, 0.3) is 0 Å². The molecule has 0 aliphatic carbocycles. The molecule has 5 aromatic carbocycles. The van der Waals surface area contributed by atoms with Crippen LogP contribution in [0.3, 0.4) is 0 Å². The first-order valence-corrected chi connectivity index (χ1v) is 14.4. The van der Waals surface area contributed by atoms with E-state index < -0.39 is 5.97 Å². The number of carboxylic acids is 1. The molecular formula is C36H31ClN2O3. The van der Waals surface area contributed by atoms with Gasteiger partial charge in [-0.05, 0) is 64.2 Å². The summed E-state index contributed by atoms with van der Waals surface area (Å²) in [4.78, 5) is 16.8. The number of hydrogen-bond acceptors (Lipinski definition) is 4. The van der Waals surface area contributed by atoms with E-state index in [0.717, 1.165) is 60.1 Å². The van der Waals surface area contributed by atoms with E-state index in [9.17, 15) is 9.90 Å². The monoisotopic (exact) mass is 574 g/mol. The average Bonchev–Trinajstić information content (AvgIpc) is 3.03. The molecule has 0 radical (unpaired) electrons. The Labute approximate surface area is 251 Å². The van der Waals surface area contributed by atoms with Crippen LogP contribution in [0.4, 0.5) is 5.69 Å². The molecule has 0 atom stereocenters. The first kappa shape index (κ1) is 27.6. The van der Waals surface area contributed by atoms with E-state index in [4.69, 9.17) is 16.3 Å². The molecule has 42 heavy (non-hydrogen) atoms. The van der Waals surface area contributed by atoms with Gasteiger partial charge >= 0.3 is 5.97 Å². The predicted octanol–water partition coefficient (Wildman–Crippen LogP) is 8.49. The van der Waals surface area contributed by atoms with Crippen molar-refractivity contribution in [3.05, 3.63) is 137 Å². The van der Waals surface area contributed by atoms with Crippen LogP contribution in [0.25, 0.3) is 22.3 Å². The summed E-state index contributed by atoms with van der Waals surface area (Å²) in [5.74, 6) is -0.0790. The second kappa shape index (κ2) is 12.5. The molecule has 5 nitrogen and oxygen atoms in total. The van der Waals surface area contributed by atoms with E-state index >= 15 is 0 Å². The van der Waals surface area contributed by atoms with Crippen molar-refractivity contribution >= 4 is 23.3 Å². The first-order chi connectivity index (χ1) is 20.5. The van der Waals surface area contributed by atoms with E-state index in [-0.39, 0.29) is 5.56 Å². The molecular weight excluding hydrogens is 544 g/mol. The molecule has 0 aromatic heterocycles. The van der Waals surface area contributed by atoms with Crippen LogP contribution in [0.1, 0.15) is 15.9 Å². The molecule has 210 valence electrons. The number of nitrogens with zero attached hydrogens (tertiary/aromatic N) is 2. The highest BCUT2D eigenvalue weighted by Gasteiger charge is 2.21. The summed E-state index contributed by atoms with van der Waals surface area (Å²) in [7, 11) is 0. The third-order valence-electron chi connectivity index (χ3n) is 7.67. The number of carbonyl (C=O) groups is 1. The van der Waals surface area contributed by atoms with Crippen LogP contribution < -0.4 is 9.64 Å². The fourth-order valence-electron chi connectivity index (χ4n) is 5.44. The van der Waals surface area contributed by atoms with E-state index in [0.29, 0.717) is 11.5 Å². The largest absolute Gasteiger partial charge is 0.478 e. The third-order valence-corrected chi connectivity index (χ3v) is 7.92. The lowest BCUT2D eigenvalue weighted by Crippen LogP contribution is -2.46. The third kappa shape index (κ3) is 6.33. The molecule has 0 bridgehead atoms. The first-order valence-electron chi connectivity index (χ1n) is 14.1. The molecule has 1 heterocycles. The molecule has 1 aliphatic heterocycles. The van der Waals surface area contributed by atoms with E-state index in [1.54, 1.807) is 6.07 Å². The normalized spacial score (nSPS) is 13.6. The van der Waals surface area contributed by atoms with Gasteiger partial charge in [0.2, 0.25) is 0 Å². The van der Waals surface area contributed by atoms with Crippen LogP contribution in [0.5, 0.6) is 11.5 Å². The minimum atomic E-state index is -1.01. The van der Waals surface area contributed by atoms with E-state index in [1.807, 2.05) is 78.9 Å². The molecule has 0 unspecified atom stereocenters. The zero-order chi connectivity index (χ0) is 28.9. The molecule has 6 rings (SSSR count). The van der Waals surface area contributed by atoms with Crippen molar-refractivity contribution in [1.29, 1.82) is 0 Å². The summed E-state index contributed by atoms with van der Waals surface area (Å²) < 4.78 is 6.20. The maximum absolute atomic E-state index is 12.0. The van der Waals surface area contributed by atoms with Crippen molar-refractivity contribution < 1.29 is 14.6 Å². The van der Waals surface area contributed by atoms with Gasteiger partial charge in [0, 0.05) is 49.5 Å². The second-order valence-corrected chi connectivity index (χ2v) is 10.8. The van der Waals surface area contributed by atoms with Crippen LogP contribution in [-0.4, -0.2) is 42.2 Å². The highest BCUT2D eigenvalue weighted by atomic mass is 35.5. The van der Waals surface area contributed by atoms with Gasteiger partial charge in [-0.25, -0.2) is 4.79 Å². The van der Waals surface area contributed by atoms with Crippen molar-refractivity contribution in [2.24, 2.45) is 0 Å². The Bertz CT molecular complexity index is 1680. The lowest BCUT2D eigenvalue weighted by Gasteiger charge is -2.36. The minimum absolute atomic E-state index is 0.140. The summed E-state index contributed by atoms with van der Waals surface area (Å²) >= 11 is 6.11. The van der Waals surface area contributed by atoms with Gasteiger partial charge in [-0.1, -0.05) is 90.5 Å². The van der Waals surface area contributed by atoms with Crippen molar-refractivity contribution in [2.75, 3.05) is 31.1 Å². The second-order valence-electron chi connectivity index (χ2n) is 10.4. The molecule has 1 fully saturated rings. The molecule has 0 amide bonds. The number of ether oxygens (including phenoxy) is 1. The lowest BCUT2D eigenvalue weighted by molar-refractivity contribution is 0.0694. The lowest BCUT2D eigenvalue weighted by atomic mass is 9.99. The van der Waals surface area contributed by atoms with Gasteiger partial charge in [0.05, 0.1) is 0 Å². The van der Waals surface area contributed by atoms with Gasteiger partial charge in [0.15, 0.2) is 0 Å². The Morgan fingerprint density at radius 1 is 0.714 bits per heavy atom. The molecule has 1 N–H and O–H groups in total. The van der Waals surface area contributed by atoms with Gasteiger partial charge in [-0.3, -0.25) is 4.90 Å². The van der Waals surface area contributed by atoms with Gasteiger partial charge in [-0.2, -0.15) is 0 Å². The number of carboxylic acid groups (broad SMARTS) is 1. The number of anilines is 1. The topological polar surface area (TPSA) is 53.0 Å². The van der Waals surface area contributed by atoms with Crippen LogP contribution in [0, 0.1) is 0 Å². The summed E-state index contributed by atoms with van der Waals surface area (Å²) in [5, 5.41) is 10.6. The van der Waals surface area contributed by atoms with Crippen LogP contribution in [-0.2, 0) is 6.54 Å². The Morgan fingerprint density at radius 3 is 2.19 bits per heavy atom. The van der Waals surface area contributed by atoms with Crippen molar-refractivity contribution in [1.82, 2.24) is 4.90 Å². The number of benzene rings is 5. The molecule has 6 heteroatoms. The number of rotatable bonds is 8. The Morgan fingerprint density at radius 2 is 1.43 bits per heavy atom. The quantitative estimate of drug-likeness (QED) is 0.201. The summed E-state index contributed by atoms with van der Waals surface area (Å²) in [5.41, 5.74) is 6.84. The summed E-state index contributed by atoms with van der Waals surface area (Å²) in [6.45, 7) is 4.31. The fourth-order valence-corrected chi connectivity index (χ4v) is 5.57. The Balaban J connectivity index is 1.16. The van der Waals surface area contributed by atoms with Crippen molar-refractivity contribution in [3.8, 4) is 33.8 Å². The molecule has 0 spiro atoms. The molecule has 1 aliphatic rings. The molecule has 5 aromatic rings. The van der Waals surface area contributed by atoms with E-state index in [1.165, 1.54) is 11.1 Å². The SMILES string of the molecule is O=C(O)c1ccc(N2CCN(Cc3ccccc3-c3ccc(Cl)cc3)CC2)cc1Oc1cccc(-c2ccccc2)c1. The Kier molecular flexibility index (Phi) is 8.22. The maximum Gasteiger partial charge on any atom is 0.339 e. The van der Waals surface area contributed by atoms with Crippen molar-refractivity contribution in [2.45, 2.75) is 6.54 Å². The smallest absolute Gasteiger partial charge is 0.339 e. The number of piperazine rings is 1. The number of halogens is 1. The molecule has 1 saturated heterocycles. The summed E-state index contributed by atoms with van der Waals surface area (Å²) in [6, 6.07) is 39.7. The van der Waals surface area contributed by atoms with Crippen LogP contribution >= 0.6 is 11.6 Å². The fraction of sp³-hybridized carbons (Fsp3) is 0.139. The zero-order valence-corrected chi connectivity index (χ0v) is 23.9. The number of aromatic carboxylic acids is 1. The zero-order valence-electron chi connectivity index (χ0n) is 23.1. The van der Waals surface area contributed by atoms with E-state index in [2.05, 4.69) is 46.2 Å². The predicted molar refractivity (Wildman–Crippen MR) is 170 cm³/mol. The minimum Gasteiger partial charge on any atom is -0.478 e. The highest BCUT2D eigenvalue weighted by molar-refractivity contribution is 6.30.